The number of ketones is 3. The zero-order chi connectivity index (χ0) is 14.6. The molecule has 0 radical (unpaired) electrons. The van der Waals surface area contributed by atoms with E-state index in [1.165, 1.54) is 0 Å². The van der Waals surface area contributed by atoms with E-state index >= 15 is 0 Å². The van der Waals surface area contributed by atoms with Gasteiger partial charge in [0.05, 0.1) is 5.92 Å². The Balaban J connectivity index is 1.70. The molecule has 3 saturated carbocycles. The second-order valence-corrected chi connectivity index (χ2v) is 7.32. The number of allylic oxidation sites excluding steroid dienone is 2. The molecule has 3 fully saturated rings. The van der Waals surface area contributed by atoms with E-state index in [9.17, 15) is 14.4 Å². The summed E-state index contributed by atoms with van der Waals surface area (Å²) in [5.74, 6) is -0.543. The molecule has 0 heterocycles. The van der Waals surface area contributed by atoms with Crippen LogP contribution in [0.5, 0.6) is 0 Å². The maximum absolute atomic E-state index is 12.8. The van der Waals surface area contributed by atoms with Crippen LogP contribution in [0.2, 0.25) is 0 Å². The average molecular weight is 286 g/mol. The van der Waals surface area contributed by atoms with E-state index in [2.05, 4.69) is 6.08 Å². The van der Waals surface area contributed by atoms with Crippen molar-refractivity contribution < 1.29 is 14.4 Å². The van der Waals surface area contributed by atoms with Crippen molar-refractivity contribution in [1.82, 2.24) is 0 Å². The Labute approximate surface area is 125 Å². The smallest absolute Gasteiger partial charge is 0.151 e. The van der Waals surface area contributed by atoms with Gasteiger partial charge in [0.1, 0.15) is 11.6 Å². The molecule has 112 valence electrons. The Morgan fingerprint density at radius 1 is 0.810 bits per heavy atom. The molecule has 4 aliphatic carbocycles. The molecule has 6 unspecified atom stereocenters. The second kappa shape index (κ2) is 4.89. The van der Waals surface area contributed by atoms with Crippen molar-refractivity contribution in [3.63, 3.8) is 0 Å². The van der Waals surface area contributed by atoms with Gasteiger partial charge in [-0.05, 0) is 38.0 Å². The summed E-state index contributed by atoms with van der Waals surface area (Å²) in [6.45, 7) is 0. The molecule has 0 spiro atoms. The Kier molecular flexibility index (Phi) is 3.13. The van der Waals surface area contributed by atoms with Crippen molar-refractivity contribution in [3.05, 3.63) is 12.2 Å². The molecule has 0 bridgehead atoms. The lowest BCUT2D eigenvalue weighted by Crippen LogP contribution is -2.56. The molecule has 0 aromatic carbocycles. The summed E-state index contributed by atoms with van der Waals surface area (Å²) in [7, 11) is 0. The van der Waals surface area contributed by atoms with Crippen LogP contribution >= 0.6 is 0 Å². The highest BCUT2D eigenvalue weighted by Gasteiger charge is 2.56. The summed E-state index contributed by atoms with van der Waals surface area (Å²) in [5.41, 5.74) is 0. The van der Waals surface area contributed by atoms with Gasteiger partial charge in [-0.2, -0.15) is 0 Å². The molecule has 0 aliphatic heterocycles. The van der Waals surface area contributed by atoms with Gasteiger partial charge in [0.2, 0.25) is 0 Å². The Morgan fingerprint density at radius 2 is 1.52 bits per heavy atom. The number of hydrogen-bond donors (Lipinski definition) is 0. The molecule has 0 aromatic heterocycles. The van der Waals surface area contributed by atoms with Crippen LogP contribution in [-0.4, -0.2) is 17.3 Å². The van der Waals surface area contributed by atoms with Crippen LogP contribution in [0.3, 0.4) is 0 Å². The molecule has 3 heteroatoms. The lowest BCUT2D eigenvalue weighted by atomic mass is 9.54. The first-order valence-corrected chi connectivity index (χ1v) is 8.46. The van der Waals surface area contributed by atoms with E-state index in [0.29, 0.717) is 5.92 Å². The highest BCUT2D eigenvalue weighted by atomic mass is 16.2. The summed E-state index contributed by atoms with van der Waals surface area (Å²) >= 11 is 0. The highest BCUT2D eigenvalue weighted by Crippen LogP contribution is 2.49. The van der Waals surface area contributed by atoms with Gasteiger partial charge in [-0.15, -0.1) is 0 Å². The SMILES string of the molecule is O=C1C2CCCCC2C(=O)C2C(=O)C3C=CCCC3CC12. The minimum Gasteiger partial charge on any atom is -0.299 e. The lowest BCUT2D eigenvalue weighted by Gasteiger charge is -2.46. The van der Waals surface area contributed by atoms with Crippen LogP contribution < -0.4 is 0 Å². The summed E-state index contributed by atoms with van der Waals surface area (Å²) in [5, 5.41) is 0. The van der Waals surface area contributed by atoms with Crippen LogP contribution in [0.4, 0.5) is 0 Å². The van der Waals surface area contributed by atoms with E-state index in [4.69, 9.17) is 0 Å². The van der Waals surface area contributed by atoms with Crippen molar-refractivity contribution in [1.29, 1.82) is 0 Å². The summed E-state index contributed by atoms with van der Waals surface area (Å²) in [6.07, 6.45) is 10.6. The fraction of sp³-hybridized carbons (Fsp3) is 0.722. The topological polar surface area (TPSA) is 51.2 Å². The molecule has 6 atom stereocenters. The molecule has 0 N–H and O–H groups in total. The van der Waals surface area contributed by atoms with Gasteiger partial charge in [0.25, 0.3) is 0 Å². The fourth-order valence-electron chi connectivity index (χ4n) is 5.29. The Bertz CT molecular complexity index is 533. The van der Waals surface area contributed by atoms with Crippen molar-refractivity contribution in [2.24, 2.45) is 35.5 Å². The maximum Gasteiger partial charge on any atom is 0.151 e. The first-order chi connectivity index (χ1) is 10.2. The zero-order valence-corrected chi connectivity index (χ0v) is 12.3. The third kappa shape index (κ3) is 1.89. The summed E-state index contributed by atoms with van der Waals surface area (Å²) < 4.78 is 0. The van der Waals surface area contributed by atoms with E-state index in [0.717, 1.165) is 44.9 Å². The normalized spacial score (nSPS) is 45.8. The Morgan fingerprint density at radius 3 is 2.29 bits per heavy atom. The van der Waals surface area contributed by atoms with Gasteiger partial charge >= 0.3 is 0 Å². The predicted molar refractivity (Wildman–Crippen MR) is 77.4 cm³/mol. The number of fused-ring (bicyclic) bond motifs is 3. The predicted octanol–water partition coefficient (Wildman–Crippen LogP) is 2.73. The molecule has 0 saturated heterocycles. The van der Waals surface area contributed by atoms with Crippen LogP contribution in [0.1, 0.15) is 44.9 Å². The number of Topliss-reactive ketones (excluding diaryl/α,β-unsaturated/α-hetero) is 3. The number of carbonyl (C=O) groups is 3. The zero-order valence-electron chi connectivity index (χ0n) is 12.3. The number of hydrogen-bond acceptors (Lipinski definition) is 3. The first-order valence-electron chi connectivity index (χ1n) is 8.46. The average Bonchev–Trinajstić information content (AvgIpc) is 2.52. The van der Waals surface area contributed by atoms with E-state index < -0.39 is 5.92 Å². The lowest BCUT2D eigenvalue weighted by molar-refractivity contribution is -0.158. The molecule has 21 heavy (non-hydrogen) atoms. The van der Waals surface area contributed by atoms with Gasteiger partial charge in [0, 0.05) is 23.7 Å². The summed E-state index contributed by atoms with van der Waals surface area (Å²) in [4.78, 5) is 38.5. The number of rotatable bonds is 0. The van der Waals surface area contributed by atoms with Crippen LogP contribution in [0.25, 0.3) is 0 Å². The van der Waals surface area contributed by atoms with Crippen molar-refractivity contribution >= 4 is 17.3 Å². The minimum absolute atomic E-state index is 0.0505. The quantitative estimate of drug-likeness (QED) is 0.508. The maximum atomic E-state index is 12.8. The van der Waals surface area contributed by atoms with Crippen LogP contribution in [0, 0.1) is 35.5 Å². The fourth-order valence-corrected chi connectivity index (χ4v) is 5.29. The Hall–Kier alpha value is -1.25. The van der Waals surface area contributed by atoms with Crippen LogP contribution in [0.15, 0.2) is 12.2 Å². The highest BCUT2D eigenvalue weighted by molar-refractivity contribution is 6.13. The third-order valence-electron chi connectivity index (χ3n) is 6.32. The largest absolute Gasteiger partial charge is 0.299 e. The second-order valence-electron chi connectivity index (χ2n) is 7.32. The molecule has 0 aromatic rings. The van der Waals surface area contributed by atoms with Gasteiger partial charge < -0.3 is 0 Å². The van der Waals surface area contributed by atoms with Gasteiger partial charge in [0.15, 0.2) is 5.78 Å². The van der Waals surface area contributed by atoms with Gasteiger partial charge in [-0.3, -0.25) is 14.4 Å². The first kappa shape index (κ1) is 13.4. The minimum atomic E-state index is -0.610. The van der Waals surface area contributed by atoms with Gasteiger partial charge in [-0.25, -0.2) is 0 Å². The third-order valence-corrected chi connectivity index (χ3v) is 6.32. The molecular formula is C18H22O3. The van der Waals surface area contributed by atoms with Crippen molar-refractivity contribution in [2.45, 2.75) is 44.9 Å². The molecule has 0 amide bonds. The van der Waals surface area contributed by atoms with Crippen molar-refractivity contribution in [2.75, 3.05) is 0 Å². The molecule has 4 aliphatic rings. The number of carbonyl (C=O) groups excluding carboxylic acids is 3. The summed E-state index contributed by atoms with van der Waals surface area (Å²) in [6, 6.07) is 0. The molecule has 4 rings (SSSR count). The molecule has 3 nitrogen and oxygen atoms in total. The van der Waals surface area contributed by atoms with Crippen molar-refractivity contribution in [3.8, 4) is 0 Å². The van der Waals surface area contributed by atoms with E-state index in [1.807, 2.05) is 6.08 Å². The molecular weight excluding hydrogens is 264 g/mol. The van der Waals surface area contributed by atoms with E-state index in [1.54, 1.807) is 0 Å². The van der Waals surface area contributed by atoms with Crippen LogP contribution in [-0.2, 0) is 14.4 Å². The van der Waals surface area contributed by atoms with E-state index in [-0.39, 0.29) is 41.0 Å². The van der Waals surface area contributed by atoms with Gasteiger partial charge in [-0.1, -0.05) is 25.0 Å². The standard InChI is InChI=1S/C18H22O3/c19-16-12-7-3-4-8-13(12)18(21)15-14(16)9-10-5-1-2-6-11(10)17(15)20/h2,6,10-15H,1,3-5,7-9H2. The monoisotopic (exact) mass is 286 g/mol.